The maximum absolute atomic E-state index is 10.8. The molecule has 1 rings (SSSR count). The third-order valence-electron chi connectivity index (χ3n) is 2.18. The molecule has 2 N–H and O–H groups in total. The van der Waals surface area contributed by atoms with Crippen LogP contribution in [0.25, 0.3) is 0 Å². The molecule has 0 saturated carbocycles. The summed E-state index contributed by atoms with van der Waals surface area (Å²) < 4.78 is 30.4. The molecule has 0 heterocycles. The van der Waals surface area contributed by atoms with Gasteiger partial charge < -0.3 is 5.11 Å². The lowest BCUT2D eigenvalue weighted by Gasteiger charge is -2.05. The zero-order valence-electron chi connectivity index (χ0n) is 8.56. The van der Waals surface area contributed by atoms with Crippen LogP contribution in [0.1, 0.15) is 18.4 Å². The minimum atomic E-state index is -4.19. The molecule has 0 bridgehead atoms. The summed E-state index contributed by atoms with van der Waals surface area (Å²) in [6, 6.07) is 4.11. The Hall–Kier alpha value is -0.620. The minimum absolute atomic E-state index is 0.126. The molecular weight excluding hydrogens is 252 g/mol. The van der Waals surface area contributed by atoms with Crippen LogP contribution in [0.2, 0.25) is 5.02 Å². The summed E-state index contributed by atoms with van der Waals surface area (Å²) in [6.45, 7) is 0.126. The summed E-state index contributed by atoms with van der Waals surface area (Å²) in [5, 5.41) is 8.93. The van der Waals surface area contributed by atoms with E-state index in [2.05, 4.69) is 0 Å². The van der Waals surface area contributed by atoms with Gasteiger partial charge in [-0.1, -0.05) is 17.7 Å². The lowest BCUT2D eigenvalue weighted by Crippen LogP contribution is -1.99. The fourth-order valence-corrected chi connectivity index (χ4v) is 2.17. The molecule has 90 valence electrons. The van der Waals surface area contributed by atoms with Crippen LogP contribution >= 0.6 is 11.6 Å². The minimum Gasteiger partial charge on any atom is -0.396 e. The van der Waals surface area contributed by atoms with Gasteiger partial charge in [-0.05, 0) is 37.0 Å². The fourth-order valence-electron chi connectivity index (χ4n) is 1.32. The zero-order valence-corrected chi connectivity index (χ0v) is 10.1. The first-order valence-corrected chi connectivity index (χ1v) is 6.63. The molecule has 0 atom stereocenters. The van der Waals surface area contributed by atoms with E-state index in [0.29, 0.717) is 17.9 Å². The Morgan fingerprint density at radius 1 is 1.25 bits per heavy atom. The molecule has 0 unspecified atom stereocenters. The first kappa shape index (κ1) is 13.4. The molecule has 6 heteroatoms. The number of hydrogen-bond donors (Lipinski definition) is 2. The molecule has 0 radical (unpaired) electrons. The Kier molecular flexibility index (Phi) is 4.73. The van der Waals surface area contributed by atoms with Crippen LogP contribution in [0.15, 0.2) is 23.1 Å². The lowest BCUT2D eigenvalue weighted by atomic mass is 10.1. The molecule has 0 aliphatic rings. The van der Waals surface area contributed by atoms with Crippen LogP contribution in [0.4, 0.5) is 0 Å². The number of unbranched alkanes of at least 4 members (excludes halogenated alkanes) is 1. The zero-order chi connectivity index (χ0) is 12.2. The van der Waals surface area contributed by atoms with E-state index in [0.717, 1.165) is 12.0 Å². The van der Waals surface area contributed by atoms with Gasteiger partial charge in [0.15, 0.2) is 0 Å². The van der Waals surface area contributed by atoms with Crippen LogP contribution in [0.5, 0.6) is 0 Å². The van der Waals surface area contributed by atoms with Crippen LogP contribution in [0, 0.1) is 0 Å². The van der Waals surface area contributed by atoms with Crippen molar-refractivity contribution in [1.82, 2.24) is 0 Å². The molecule has 4 nitrogen and oxygen atoms in total. The van der Waals surface area contributed by atoms with E-state index in [1.54, 1.807) is 6.07 Å². The second-order valence-electron chi connectivity index (χ2n) is 3.41. The maximum atomic E-state index is 10.8. The van der Waals surface area contributed by atoms with E-state index in [1.807, 2.05) is 0 Å². The van der Waals surface area contributed by atoms with Crippen LogP contribution in [-0.2, 0) is 16.5 Å². The molecule has 0 saturated heterocycles. The summed E-state index contributed by atoms with van der Waals surface area (Å²) in [4.78, 5) is -0.205. The third-order valence-corrected chi connectivity index (χ3v) is 3.38. The molecule has 0 aromatic heterocycles. The molecule has 0 spiro atoms. The Morgan fingerprint density at radius 3 is 2.44 bits per heavy atom. The maximum Gasteiger partial charge on any atom is 0.294 e. The summed E-state index contributed by atoms with van der Waals surface area (Å²) in [5.74, 6) is 0. The van der Waals surface area contributed by atoms with Gasteiger partial charge in [0.05, 0.1) is 4.90 Å². The van der Waals surface area contributed by atoms with Crippen LogP contribution < -0.4 is 0 Å². The number of aliphatic hydroxyl groups is 1. The molecule has 16 heavy (non-hydrogen) atoms. The fraction of sp³-hybridized carbons (Fsp3) is 0.400. The number of hydrogen-bond acceptors (Lipinski definition) is 3. The highest BCUT2D eigenvalue weighted by Crippen LogP contribution is 2.22. The second-order valence-corrected chi connectivity index (χ2v) is 5.24. The van der Waals surface area contributed by atoms with Crippen molar-refractivity contribution in [3.05, 3.63) is 28.8 Å². The van der Waals surface area contributed by atoms with Crippen molar-refractivity contribution < 1.29 is 18.1 Å². The second kappa shape index (κ2) is 5.63. The topological polar surface area (TPSA) is 74.6 Å². The first-order chi connectivity index (χ1) is 7.45. The third kappa shape index (κ3) is 3.75. The highest BCUT2D eigenvalue weighted by Gasteiger charge is 2.11. The molecule has 0 aliphatic heterocycles. The van der Waals surface area contributed by atoms with Gasteiger partial charge in [0.2, 0.25) is 0 Å². The Labute approximate surface area is 99.6 Å². The smallest absolute Gasteiger partial charge is 0.294 e. The van der Waals surface area contributed by atoms with E-state index < -0.39 is 10.1 Å². The molecule has 0 amide bonds. The summed E-state index contributed by atoms with van der Waals surface area (Å²) in [5.41, 5.74) is 0.808. The van der Waals surface area contributed by atoms with Crippen LogP contribution in [0.3, 0.4) is 0 Å². The molecule has 0 fully saturated rings. The Balaban J connectivity index is 2.84. The van der Waals surface area contributed by atoms with E-state index in [-0.39, 0.29) is 11.5 Å². The van der Waals surface area contributed by atoms with Gasteiger partial charge in [0, 0.05) is 11.6 Å². The number of rotatable bonds is 5. The lowest BCUT2D eigenvalue weighted by molar-refractivity contribution is 0.284. The van der Waals surface area contributed by atoms with E-state index in [1.165, 1.54) is 12.1 Å². The van der Waals surface area contributed by atoms with Gasteiger partial charge in [-0.25, -0.2) is 0 Å². The highest BCUT2D eigenvalue weighted by atomic mass is 35.5. The van der Waals surface area contributed by atoms with Crippen molar-refractivity contribution in [3.8, 4) is 0 Å². The van der Waals surface area contributed by atoms with Crippen molar-refractivity contribution in [1.29, 1.82) is 0 Å². The first-order valence-electron chi connectivity index (χ1n) is 4.82. The largest absolute Gasteiger partial charge is 0.396 e. The molecule has 1 aromatic carbocycles. The van der Waals surface area contributed by atoms with Gasteiger partial charge in [0.25, 0.3) is 10.1 Å². The van der Waals surface area contributed by atoms with E-state index in [9.17, 15) is 8.42 Å². The van der Waals surface area contributed by atoms with Gasteiger partial charge in [-0.15, -0.1) is 0 Å². The summed E-state index contributed by atoms with van der Waals surface area (Å²) in [7, 11) is -4.19. The Bertz CT molecular complexity index is 456. The predicted octanol–water partition coefficient (Wildman–Crippen LogP) is 1.90. The quantitative estimate of drug-likeness (QED) is 0.629. The normalized spacial score (nSPS) is 11.7. The van der Waals surface area contributed by atoms with Crippen molar-refractivity contribution in [2.75, 3.05) is 6.61 Å². The van der Waals surface area contributed by atoms with Crippen molar-refractivity contribution in [2.24, 2.45) is 0 Å². The summed E-state index contributed by atoms with van der Waals surface area (Å²) >= 11 is 5.88. The Morgan fingerprint density at radius 2 is 1.94 bits per heavy atom. The number of aryl methyl sites for hydroxylation is 1. The number of aliphatic hydroxyl groups excluding tert-OH is 1. The van der Waals surface area contributed by atoms with Gasteiger partial charge in [-0.3, -0.25) is 4.55 Å². The van der Waals surface area contributed by atoms with Gasteiger partial charge in [-0.2, -0.15) is 8.42 Å². The SMILES string of the molecule is O=S(=O)(O)c1ccc(CCCCO)c(Cl)c1. The highest BCUT2D eigenvalue weighted by molar-refractivity contribution is 7.85. The monoisotopic (exact) mass is 264 g/mol. The number of halogens is 1. The van der Waals surface area contributed by atoms with E-state index >= 15 is 0 Å². The predicted molar refractivity (Wildman–Crippen MR) is 61.3 cm³/mol. The summed E-state index contributed by atoms with van der Waals surface area (Å²) in [6.07, 6.45) is 2.13. The average molecular weight is 265 g/mol. The van der Waals surface area contributed by atoms with Crippen LogP contribution in [-0.4, -0.2) is 24.7 Å². The molecule has 0 aliphatic carbocycles. The standard InChI is InChI=1S/C10H13ClO4S/c11-10-7-9(16(13,14)15)5-4-8(10)3-1-2-6-12/h4-5,7,12H,1-3,6H2,(H,13,14,15). The van der Waals surface area contributed by atoms with Gasteiger partial charge >= 0.3 is 0 Å². The van der Waals surface area contributed by atoms with Crippen molar-refractivity contribution >= 4 is 21.7 Å². The van der Waals surface area contributed by atoms with E-state index in [4.69, 9.17) is 21.3 Å². The molecule has 1 aromatic rings. The van der Waals surface area contributed by atoms with Crippen molar-refractivity contribution in [2.45, 2.75) is 24.2 Å². The number of benzene rings is 1. The van der Waals surface area contributed by atoms with Gasteiger partial charge in [0.1, 0.15) is 0 Å². The molecular formula is C10H13ClO4S. The van der Waals surface area contributed by atoms with Crippen molar-refractivity contribution in [3.63, 3.8) is 0 Å². The average Bonchev–Trinajstić information content (AvgIpc) is 2.19.